The number of piperazine rings is 1. The lowest BCUT2D eigenvalue weighted by molar-refractivity contribution is -0.142. The summed E-state index contributed by atoms with van der Waals surface area (Å²) < 4.78 is 5.52. The first kappa shape index (κ1) is 21.6. The number of hydrogen-bond acceptors (Lipinski definition) is 5. The number of methoxy groups -OCH3 is 1. The Labute approximate surface area is 193 Å². The third-order valence-electron chi connectivity index (χ3n) is 7.11. The Morgan fingerprint density at radius 1 is 0.909 bits per heavy atom. The van der Waals surface area contributed by atoms with E-state index in [0.29, 0.717) is 37.3 Å². The first-order valence-corrected chi connectivity index (χ1v) is 11.7. The van der Waals surface area contributed by atoms with Crippen molar-refractivity contribution in [2.45, 2.75) is 37.8 Å². The summed E-state index contributed by atoms with van der Waals surface area (Å²) in [4.78, 5) is 44.9. The van der Waals surface area contributed by atoms with Gasteiger partial charge < -0.3 is 14.5 Å². The van der Waals surface area contributed by atoms with Gasteiger partial charge in [0.05, 0.1) is 16.8 Å². The van der Waals surface area contributed by atoms with Crippen LogP contribution in [0.5, 0.6) is 0 Å². The summed E-state index contributed by atoms with van der Waals surface area (Å²) in [6.07, 6.45) is 3.28. The van der Waals surface area contributed by atoms with Crippen molar-refractivity contribution in [3.05, 3.63) is 65.2 Å². The van der Waals surface area contributed by atoms with Crippen LogP contribution in [0.1, 0.15) is 58.1 Å². The molecule has 2 fully saturated rings. The quantitative estimate of drug-likeness (QED) is 0.658. The van der Waals surface area contributed by atoms with Crippen LogP contribution < -0.4 is 4.90 Å². The van der Waals surface area contributed by atoms with Gasteiger partial charge in [0.15, 0.2) is 6.10 Å². The number of ether oxygens (including phenoxy) is 1. The van der Waals surface area contributed by atoms with E-state index < -0.39 is 6.10 Å². The zero-order valence-electron chi connectivity index (χ0n) is 18.9. The highest BCUT2D eigenvalue weighted by Crippen LogP contribution is 2.36. The minimum absolute atomic E-state index is 0.0173. The van der Waals surface area contributed by atoms with E-state index in [9.17, 15) is 14.4 Å². The molecule has 0 bridgehead atoms. The van der Waals surface area contributed by atoms with Crippen LogP contribution in [0.15, 0.2) is 48.5 Å². The predicted molar refractivity (Wildman–Crippen MR) is 124 cm³/mol. The number of fused-ring (bicyclic) bond motifs is 1. The van der Waals surface area contributed by atoms with E-state index in [0.717, 1.165) is 36.9 Å². The van der Waals surface area contributed by atoms with Crippen LogP contribution in [-0.2, 0) is 9.53 Å². The van der Waals surface area contributed by atoms with Crippen molar-refractivity contribution >= 4 is 23.4 Å². The standard InChI is InChI=1S/C26H29N3O4/c1-33-23(18-8-3-2-4-9-18)26(32)28-16-14-27(15-17-28)21-13-7-12-20-22(21)25(31)29(24(20)30)19-10-5-6-11-19/h2-4,7-9,12-13,19,23H,5-6,10-11,14-17H2,1H3/t23-/m1/s1. The summed E-state index contributed by atoms with van der Waals surface area (Å²) in [5, 5.41) is 0. The zero-order valence-corrected chi connectivity index (χ0v) is 18.9. The summed E-state index contributed by atoms with van der Waals surface area (Å²) in [5.41, 5.74) is 2.66. The lowest BCUT2D eigenvalue weighted by Crippen LogP contribution is -2.50. The van der Waals surface area contributed by atoms with Crippen LogP contribution in [0.2, 0.25) is 0 Å². The molecule has 1 saturated carbocycles. The maximum absolute atomic E-state index is 13.3. The molecule has 0 radical (unpaired) electrons. The molecule has 7 nitrogen and oxygen atoms in total. The van der Waals surface area contributed by atoms with Gasteiger partial charge in [0.25, 0.3) is 17.7 Å². The Morgan fingerprint density at radius 3 is 2.27 bits per heavy atom. The van der Waals surface area contributed by atoms with Crippen molar-refractivity contribution < 1.29 is 19.1 Å². The average molecular weight is 448 g/mol. The number of nitrogens with zero attached hydrogens (tertiary/aromatic N) is 3. The molecule has 2 aromatic carbocycles. The number of hydrogen-bond donors (Lipinski definition) is 0. The van der Waals surface area contributed by atoms with Gasteiger partial charge in [-0.3, -0.25) is 19.3 Å². The summed E-state index contributed by atoms with van der Waals surface area (Å²) in [7, 11) is 1.55. The minimum Gasteiger partial charge on any atom is -0.367 e. The van der Waals surface area contributed by atoms with Crippen LogP contribution in [0.25, 0.3) is 0 Å². The maximum atomic E-state index is 13.3. The Balaban J connectivity index is 1.31. The lowest BCUT2D eigenvalue weighted by Gasteiger charge is -2.38. The van der Waals surface area contributed by atoms with Gasteiger partial charge in [-0.1, -0.05) is 49.2 Å². The third kappa shape index (κ3) is 3.80. The van der Waals surface area contributed by atoms with Gasteiger partial charge in [-0.15, -0.1) is 0 Å². The molecule has 2 heterocycles. The summed E-state index contributed by atoms with van der Waals surface area (Å²) >= 11 is 0. The predicted octanol–water partition coefficient (Wildman–Crippen LogP) is 3.26. The average Bonchev–Trinajstić information content (AvgIpc) is 3.47. The second-order valence-corrected chi connectivity index (χ2v) is 8.96. The van der Waals surface area contributed by atoms with Gasteiger partial charge in [0, 0.05) is 39.3 Å². The van der Waals surface area contributed by atoms with Gasteiger partial charge >= 0.3 is 0 Å². The van der Waals surface area contributed by atoms with Gasteiger partial charge in [0.2, 0.25) is 0 Å². The summed E-state index contributed by atoms with van der Waals surface area (Å²) in [5.74, 6) is -0.386. The van der Waals surface area contributed by atoms with E-state index in [-0.39, 0.29) is 23.8 Å². The topological polar surface area (TPSA) is 70.2 Å². The molecule has 3 amide bonds. The van der Waals surface area contributed by atoms with Gasteiger partial charge in [-0.05, 0) is 30.5 Å². The molecule has 0 N–H and O–H groups in total. The number of carbonyl (C=O) groups excluding carboxylic acids is 3. The molecule has 5 rings (SSSR count). The van der Waals surface area contributed by atoms with Crippen LogP contribution in [0.3, 0.4) is 0 Å². The molecule has 0 spiro atoms. The second-order valence-electron chi connectivity index (χ2n) is 8.96. The summed E-state index contributed by atoms with van der Waals surface area (Å²) in [6.45, 7) is 2.25. The highest BCUT2D eigenvalue weighted by atomic mass is 16.5. The fourth-order valence-corrected chi connectivity index (χ4v) is 5.38. The number of amides is 3. The largest absolute Gasteiger partial charge is 0.367 e. The van der Waals surface area contributed by atoms with Crippen molar-refractivity contribution in [1.29, 1.82) is 0 Å². The number of benzene rings is 2. The molecule has 3 aliphatic rings. The Kier molecular flexibility index (Phi) is 5.89. The molecule has 2 aliphatic heterocycles. The van der Waals surface area contributed by atoms with Gasteiger partial charge in [-0.2, -0.15) is 0 Å². The van der Waals surface area contributed by atoms with Crippen LogP contribution >= 0.6 is 0 Å². The van der Waals surface area contributed by atoms with E-state index >= 15 is 0 Å². The maximum Gasteiger partial charge on any atom is 0.263 e. The lowest BCUT2D eigenvalue weighted by atomic mass is 10.1. The Hall–Kier alpha value is -3.19. The van der Waals surface area contributed by atoms with Crippen LogP contribution in [-0.4, -0.2) is 66.9 Å². The fraction of sp³-hybridized carbons (Fsp3) is 0.423. The Bertz CT molecular complexity index is 1060. The van der Waals surface area contributed by atoms with Crippen molar-refractivity contribution in [3.63, 3.8) is 0 Å². The van der Waals surface area contributed by atoms with Crippen molar-refractivity contribution in [1.82, 2.24) is 9.80 Å². The van der Waals surface area contributed by atoms with Crippen molar-refractivity contribution in [3.8, 4) is 0 Å². The second kappa shape index (κ2) is 8.98. The summed E-state index contributed by atoms with van der Waals surface area (Å²) in [6, 6.07) is 15.1. The molecular weight excluding hydrogens is 418 g/mol. The zero-order chi connectivity index (χ0) is 22.9. The number of carbonyl (C=O) groups is 3. The molecule has 1 aliphatic carbocycles. The smallest absolute Gasteiger partial charge is 0.263 e. The third-order valence-corrected chi connectivity index (χ3v) is 7.11. The fourth-order valence-electron chi connectivity index (χ4n) is 5.38. The first-order valence-electron chi connectivity index (χ1n) is 11.7. The van der Waals surface area contributed by atoms with Gasteiger partial charge in [0.1, 0.15) is 0 Å². The minimum atomic E-state index is -0.627. The number of rotatable bonds is 5. The SMILES string of the molecule is CO[C@@H](C(=O)N1CCN(c2cccc3c2C(=O)N(C2CCCC2)C3=O)CC1)c1ccccc1. The molecule has 0 aromatic heterocycles. The highest BCUT2D eigenvalue weighted by molar-refractivity contribution is 6.24. The van der Waals surface area contributed by atoms with Crippen molar-refractivity contribution in [2.75, 3.05) is 38.2 Å². The molecule has 33 heavy (non-hydrogen) atoms. The Morgan fingerprint density at radius 2 is 1.61 bits per heavy atom. The van der Waals surface area contributed by atoms with E-state index in [2.05, 4.69) is 4.90 Å². The van der Waals surface area contributed by atoms with Crippen LogP contribution in [0.4, 0.5) is 5.69 Å². The molecule has 0 unspecified atom stereocenters. The van der Waals surface area contributed by atoms with E-state index in [1.165, 1.54) is 4.90 Å². The normalized spacial score (nSPS) is 19.8. The van der Waals surface area contributed by atoms with E-state index in [1.54, 1.807) is 13.2 Å². The number of imide groups is 1. The highest BCUT2D eigenvalue weighted by Gasteiger charge is 2.43. The molecular formula is C26H29N3O4. The molecule has 172 valence electrons. The van der Waals surface area contributed by atoms with Crippen LogP contribution in [0, 0.1) is 0 Å². The first-order chi connectivity index (χ1) is 16.1. The monoisotopic (exact) mass is 447 g/mol. The molecule has 7 heteroatoms. The number of anilines is 1. The molecule has 2 aromatic rings. The molecule has 1 saturated heterocycles. The van der Waals surface area contributed by atoms with E-state index in [4.69, 9.17) is 4.74 Å². The van der Waals surface area contributed by atoms with E-state index in [1.807, 2.05) is 47.4 Å². The van der Waals surface area contributed by atoms with Crippen molar-refractivity contribution in [2.24, 2.45) is 0 Å². The molecule has 1 atom stereocenters. The van der Waals surface area contributed by atoms with Gasteiger partial charge in [-0.25, -0.2) is 0 Å².